The third-order valence-corrected chi connectivity index (χ3v) is 3.25. The molecule has 8 heteroatoms. The lowest BCUT2D eigenvalue weighted by Crippen LogP contribution is -2.37. The van der Waals surface area contributed by atoms with E-state index in [0.29, 0.717) is 4.72 Å². The molecule has 0 saturated carbocycles. The molecule has 0 amide bonds. The summed E-state index contributed by atoms with van der Waals surface area (Å²) in [6.07, 6.45) is -5.02. The maximum absolute atomic E-state index is 11.8. The number of sulfonamides is 1. The van der Waals surface area contributed by atoms with Crippen LogP contribution < -0.4 is 4.72 Å². The van der Waals surface area contributed by atoms with Crippen LogP contribution in [0.5, 0.6) is 0 Å². The average molecular weight is 260 g/mol. The molecule has 0 aliphatic rings. The van der Waals surface area contributed by atoms with E-state index in [9.17, 15) is 21.6 Å². The molecule has 1 N–H and O–H groups in total. The summed E-state index contributed by atoms with van der Waals surface area (Å²) in [6, 6.07) is 4.86. The predicted octanol–water partition coefficient (Wildman–Crippen LogP) is 2.14. The molecule has 0 aliphatic carbocycles. The zero-order valence-corrected chi connectivity index (χ0v) is 8.62. The minimum Gasteiger partial charge on any atom is -0.207 e. The predicted molar refractivity (Wildman–Crippen MR) is 47.8 cm³/mol. The summed E-state index contributed by atoms with van der Waals surface area (Å²) in [5.41, 5.74) is 0. The van der Waals surface area contributed by atoms with Gasteiger partial charge in [0, 0.05) is 0 Å². The van der Waals surface area contributed by atoms with E-state index >= 15 is 0 Å². The molecule has 0 atom stereocenters. The van der Waals surface area contributed by atoms with Gasteiger partial charge in [0.05, 0.1) is 5.02 Å². The average Bonchev–Trinajstić information content (AvgIpc) is 1.99. The Hall–Kier alpha value is -0.790. The summed E-state index contributed by atoms with van der Waals surface area (Å²) < 4.78 is 58.4. The van der Waals surface area contributed by atoms with E-state index in [2.05, 4.69) is 0 Å². The van der Waals surface area contributed by atoms with Crippen molar-refractivity contribution in [2.24, 2.45) is 0 Å². The molecule has 0 unspecified atom stereocenters. The van der Waals surface area contributed by atoms with E-state index in [1.807, 2.05) is 0 Å². The fraction of sp³-hybridized carbons (Fsp3) is 0.143. The highest BCUT2D eigenvalue weighted by Crippen LogP contribution is 2.23. The minimum absolute atomic E-state index is 0.269. The molecule has 1 aromatic rings. The van der Waals surface area contributed by atoms with Crippen LogP contribution in [-0.2, 0) is 10.0 Å². The van der Waals surface area contributed by atoms with Crippen LogP contribution in [0.25, 0.3) is 0 Å². The SMILES string of the molecule is O=S(=O)(NC(F)(F)F)c1ccccc1Cl. The fourth-order valence-electron chi connectivity index (χ4n) is 0.870. The molecule has 0 spiro atoms. The number of halogens is 4. The van der Waals surface area contributed by atoms with Gasteiger partial charge in [-0.2, -0.15) is 13.2 Å². The summed E-state index contributed by atoms with van der Waals surface area (Å²) in [7, 11) is -4.66. The van der Waals surface area contributed by atoms with Gasteiger partial charge in [0.15, 0.2) is 0 Å². The zero-order chi connectivity index (χ0) is 11.7. The molecule has 0 bridgehead atoms. The van der Waals surface area contributed by atoms with Crippen molar-refractivity contribution in [3.05, 3.63) is 29.3 Å². The van der Waals surface area contributed by atoms with Crippen molar-refractivity contribution in [3.63, 3.8) is 0 Å². The van der Waals surface area contributed by atoms with Crippen molar-refractivity contribution in [1.82, 2.24) is 4.72 Å². The van der Waals surface area contributed by atoms with E-state index < -0.39 is 21.2 Å². The van der Waals surface area contributed by atoms with Crippen LogP contribution in [0.3, 0.4) is 0 Å². The second-order valence-electron chi connectivity index (χ2n) is 2.53. The number of hydrogen-bond donors (Lipinski definition) is 1. The summed E-state index contributed by atoms with van der Waals surface area (Å²) in [5.74, 6) is 0. The summed E-state index contributed by atoms with van der Waals surface area (Å²) in [6.45, 7) is 0. The lowest BCUT2D eigenvalue weighted by atomic mass is 10.4. The Labute approximate surface area is 88.9 Å². The van der Waals surface area contributed by atoms with Crippen LogP contribution in [-0.4, -0.2) is 14.7 Å². The quantitative estimate of drug-likeness (QED) is 0.827. The van der Waals surface area contributed by atoms with Crippen molar-refractivity contribution in [3.8, 4) is 0 Å². The normalized spacial score (nSPS) is 12.8. The van der Waals surface area contributed by atoms with Crippen LogP contribution in [0, 0.1) is 0 Å². The van der Waals surface area contributed by atoms with E-state index in [1.54, 1.807) is 0 Å². The molecule has 0 aromatic heterocycles. The maximum Gasteiger partial charge on any atom is 0.470 e. The maximum atomic E-state index is 11.8. The van der Waals surface area contributed by atoms with Crippen LogP contribution in [0.15, 0.2) is 29.2 Å². The van der Waals surface area contributed by atoms with Crippen molar-refractivity contribution in [1.29, 1.82) is 0 Å². The zero-order valence-electron chi connectivity index (χ0n) is 7.05. The first-order valence-corrected chi connectivity index (χ1v) is 5.44. The Bertz CT molecular complexity index is 458. The van der Waals surface area contributed by atoms with Gasteiger partial charge in [0.2, 0.25) is 10.0 Å². The third kappa shape index (κ3) is 3.37. The first-order chi connectivity index (χ1) is 6.72. The Morgan fingerprint density at radius 1 is 1.20 bits per heavy atom. The standard InChI is InChI=1S/C7H5ClF3NO2S/c8-5-3-1-2-4-6(5)15(13,14)12-7(9,10)11/h1-4,12H. The first kappa shape index (κ1) is 12.3. The Morgan fingerprint density at radius 2 is 1.73 bits per heavy atom. The monoisotopic (exact) mass is 259 g/mol. The summed E-state index contributed by atoms with van der Waals surface area (Å²) >= 11 is 5.45. The number of rotatable bonds is 2. The van der Waals surface area contributed by atoms with E-state index in [0.717, 1.165) is 6.07 Å². The van der Waals surface area contributed by atoms with Gasteiger partial charge in [-0.1, -0.05) is 23.7 Å². The highest BCUT2D eigenvalue weighted by Gasteiger charge is 2.35. The van der Waals surface area contributed by atoms with Gasteiger partial charge in [0.25, 0.3) is 0 Å². The molecule has 0 heterocycles. The van der Waals surface area contributed by atoms with Gasteiger partial charge >= 0.3 is 6.30 Å². The van der Waals surface area contributed by atoms with Gasteiger partial charge in [-0.15, -0.1) is 4.72 Å². The van der Waals surface area contributed by atoms with Crippen molar-refractivity contribution >= 4 is 21.6 Å². The molecule has 0 fully saturated rings. The van der Waals surface area contributed by atoms with Gasteiger partial charge in [-0.05, 0) is 12.1 Å². The number of alkyl halides is 3. The summed E-state index contributed by atoms with van der Waals surface area (Å²) in [5, 5.41) is -0.269. The molecule has 1 aromatic carbocycles. The minimum atomic E-state index is -5.02. The van der Waals surface area contributed by atoms with Crippen LogP contribution in [0.2, 0.25) is 5.02 Å². The van der Waals surface area contributed by atoms with Crippen molar-refractivity contribution in [2.75, 3.05) is 0 Å². The van der Waals surface area contributed by atoms with Crippen molar-refractivity contribution < 1.29 is 21.6 Å². The Kier molecular flexibility index (Phi) is 3.27. The summed E-state index contributed by atoms with van der Waals surface area (Å²) in [4.78, 5) is -0.607. The van der Waals surface area contributed by atoms with Gasteiger partial charge in [0.1, 0.15) is 4.90 Å². The van der Waals surface area contributed by atoms with Gasteiger partial charge < -0.3 is 0 Å². The molecular formula is C7H5ClF3NO2S. The van der Waals surface area contributed by atoms with E-state index in [4.69, 9.17) is 11.6 Å². The Morgan fingerprint density at radius 3 is 2.20 bits per heavy atom. The number of nitrogens with one attached hydrogen (secondary N) is 1. The largest absolute Gasteiger partial charge is 0.470 e. The molecule has 1 rings (SSSR count). The fourth-order valence-corrected chi connectivity index (χ4v) is 2.31. The third-order valence-electron chi connectivity index (χ3n) is 1.38. The smallest absolute Gasteiger partial charge is 0.207 e. The second kappa shape index (κ2) is 3.99. The van der Waals surface area contributed by atoms with Gasteiger partial charge in [-0.3, -0.25) is 0 Å². The Balaban J connectivity index is 3.13. The molecule has 84 valence electrons. The van der Waals surface area contributed by atoms with Crippen LogP contribution >= 0.6 is 11.6 Å². The molecule has 0 radical (unpaired) electrons. The second-order valence-corrected chi connectivity index (χ2v) is 4.59. The molecule has 0 saturated heterocycles. The lowest BCUT2D eigenvalue weighted by molar-refractivity contribution is -0.138. The van der Waals surface area contributed by atoms with E-state index in [1.165, 1.54) is 18.2 Å². The molecular weight excluding hydrogens is 255 g/mol. The van der Waals surface area contributed by atoms with Crippen LogP contribution in [0.4, 0.5) is 13.2 Å². The number of benzene rings is 1. The number of hydrogen-bond acceptors (Lipinski definition) is 2. The van der Waals surface area contributed by atoms with E-state index in [-0.39, 0.29) is 5.02 Å². The molecule has 15 heavy (non-hydrogen) atoms. The first-order valence-electron chi connectivity index (χ1n) is 3.57. The lowest BCUT2D eigenvalue weighted by Gasteiger charge is -2.10. The molecule has 0 aliphatic heterocycles. The van der Waals surface area contributed by atoms with Crippen molar-refractivity contribution in [2.45, 2.75) is 11.2 Å². The topological polar surface area (TPSA) is 46.2 Å². The highest BCUT2D eigenvalue weighted by atomic mass is 35.5. The molecule has 3 nitrogen and oxygen atoms in total. The highest BCUT2D eigenvalue weighted by molar-refractivity contribution is 7.89. The van der Waals surface area contributed by atoms with Gasteiger partial charge in [-0.25, -0.2) is 8.42 Å². The van der Waals surface area contributed by atoms with Crippen LogP contribution in [0.1, 0.15) is 0 Å².